The van der Waals surface area contributed by atoms with E-state index < -0.39 is 0 Å². The number of thiazole rings is 1. The van der Waals surface area contributed by atoms with Crippen LogP contribution in [0.25, 0.3) is 10.6 Å². The first-order valence-corrected chi connectivity index (χ1v) is 11.4. The summed E-state index contributed by atoms with van der Waals surface area (Å²) in [5.74, 6) is -0.197. The summed E-state index contributed by atoms with van der Waals surface area (Å²) in [4.78, 5) is 33.7. The standard InChI is InChI=1S/C21H23N3O3S2/c1-14-23-18(13-28-14)19-5-4-17(29-19)6-8-22-20(25)15-3-2-9-24(11-15)21(26)16-7-10-27-12-16/h4-5,7,10,12-13,15H,2-3,6,8-9,11H2,1H3,(H,22,25). The van der Waals surface area contributed by atoms with Gasteiger partial charge in [0.2, 0.25) is 5.91 Å². The van der Waals surface area contributed by atoms with Crippen molar-refractivity contribution >= 4 is 34.5 Å². The van der Waals surface area contributed by atoms with Crippen LogP contribution in [0.4, 0.5) is 0 Å². The Labute approximate surface area is 177 Å². The quantitative estimate of drug-likeness (QED) is 0.643. The smallest absolute Gasteiger partial charge is 0.257 e. The zero-order valence-corrected chi connectivity index (χ0v) is 17.9. The number of carbonyl (C=O) groups excluding carboxylic acids is 2. The second-order valence-electron chi connectivity index (χ2n) is 7.16. The van der Waals surface area contributed by atoms with Gasteiger partial charge in [0.15, 0.2) is 0 Å². The second-order valence-corrected chi connectivity index (χ2v) is 9.39. The molecule has 1 unspecified atom stereocenters. The number of amides is 2. The molecule has 1 aliphatic heterocycles. The molecule has 0 bridgehead atoms. The largest absolute Gasteiger partial charge is 0.472 e. The molecule has 0 aliphatic carbocycles. The zero-order chi connectivity index (χ0) is 20.2. The minimum Gasteiger partial charge on any atom is -0.472 e. The van der Waals surface area contributed by atoms with Crippen molar-refractivity contribution < 1.29 is 14.0 Å². The van der Waals surface area contributed by atoms with Gasteiger partial charge in [0.25, 0.3) is 5.91 Å². The van der Waals surface area contributed by atoms with Crippen molar-refractivity contribution in [3.63, 3.8) is 0 Å². The topological polar surface area (TPSA) is 75.4 Å². The minimum atomic E-state index is -0.156. The van der Waals surface area contributed by atoms with Gasteiger partial charge in [-0.3, -0.25) is 9.59 Å². The second kappa shape index (κ2) is 8.92. The van der Waals surface area contributed by atoms with Crippen molar-refractivity contribution in [3.8, 4) is 10.6 Å². The van der Waals surface area contributed by atoms with Gasteiger partial charge in [0, 0.05) is 29.9 Å². The van der Waals surface area contributed by atoms with E-state index in [1.807, 2.05) is 6.92 Å². The van der Waals surface area contributed by atoms with Crippen LogP contribution in [0.15, 0.2) is 40.5 Å². The molecule has 29 heavy (non-hydrogen) atoms. The van der Waals surface area contributed by atoms with E-state index in [9.17, 15) is 9.59 Å². The highest BCUT2D eigenvalue weighted by atomic mass is 32.1. The van der Waals surface area contributed by atoms with E-state index in [1.165, 1.54) is 17.4 Å². The van der Waals surface area contributed by atoms with Crippen molar-refractivity contribution in [2.75, 3.05) is 19.6 Å². The lowest BCUT2D eigenvalue weighted by Crippen LogP contribution is -2.45. The number of piperidine rings is 1. The zero-order valence-electron chi connectivity index (χ0n) is 16.2. The summed E-state index contributed by atoms with van der Waals surface area (Å²) in [5.41, 5.74) is 1.56. The van der Waals surface area contributed by atoms with E-state index in [0.29, 0.717) is 25.2 Å². The first-order chi connectivity index (χ1) is 14.1. The molecule has 3 aromatic rings. The maximum absolute atomic E-state index is 12.6. The highest BCUT2D eigenvalue weighted by molar-refractivity contribution is 7.16. The van der Waals surface area contributed by atoms with Crippen LogP contribution >= 0.6 is 22.7 Å². The lowest BCUT2D eigenvalue weighted by Gasteiger charge is -2.31. The van der Waals surface area contributed by atoms with Crippen molar-refractivity contribution in [2.24, 2.45) is 5.92 Å². The number of nitrogens with one attached hydrogen (secondary N) is 1. The van der Waals surface area contributed by atoms with Gasteiger partial charge < -0.3 is 14.6 Å². The summed E-state index contributed by atoms with van der Waals surface area (Å²) in [5, 5.41) is 6.19. The fourth-order valence-electron chi connectivity index (χ4n) is 3.52. The Morgan fingerprint density at radius 3 is 3.00 bits per heavy atom. The first-order valence-electron chi connectivity index (χ1n) is 9.70. The van der Waals surface area contributed by atoms with Crippen LogP contribution in [0.2, 0.25) is 0 Å². The van der Waals surface area contributed by atoms with Crippen LogP contribution < -0.4 is 5.32 Å². The molecule has 6 nitrogen and oxygen atoms in total. The molecule has 2 amide bonds. The molecule has 0 saturated carbocycles. The van der Waals surface area contributed by atoms with Crippen LogP contribution in [0.5, 0.6) is 0 Å². The van der Waals surface area contributed by atoms with Crippen LogP contribution in [-0.2, 0) is 11.2 Å². The summed E-state index contributed by atoms with van der Waals surface area (Å²) >= 11 is 3.37. The molecule has 1 saturated heterocycles. The molecule has 1 aliphatic rings. The summed E-state index contributed by atoms with van der Waals surface area (Å²) in [6.45, 7) is 3.75. The van der Waals surface area contributed by atoms with Crippen LogP contribution in [0.3, 0.4) is 0 Å². The number of likely N-dealkylation sites (tertiary alicyclic amines) is 1. The average Bonchev–Trinajstić information content (AvgIpc) is 3.49. The van der Waals surface area contributed by atoms with Crippen molar-refractivity contribution in [2.45, 2.75) is 26.2 Å². The number of aromatic nitrogens is 1. The van der Waals surface area contributed by atoms with E-state index in [2.05, 4.69) is 27.8 Å². The molecular formula is C21H23N3O3S2. The Morgan fingerprint density at radius 1 is 1.34 bits per heavy atom. The van der Waals surface area contributed by atoms with Crippen LogP contribution in [0, 0.1) is 12.8 Å². The van der Waals surface area contributed by atoms with E-state index in [1.54, 1.807) is 33.6 Å². The summed E-state index contributed by atoms with van der Waals surface area (Å²) < 4.78 is 5.00. The lowest BCUT2D eigenvalue weighted by atomic mass is 9.96. The number of furan rings is 1. The number of thiophene rings is 1. The molecule has 4 rings (SSSR count). The summed E-state index contributed by atoms with van der Waals surface area (Å²) in [7, 11) is 0. The minimum absolute atomic E-state index is 0.0293. The third kappa shape index (κ3) is 4.76. The third-order valence-electron chi connectivity index (χ3n) is 5.05. The van der Waals surface area contributed by atoms with Gasteiger partial charge in [-0.15, -0.1) is 22.7 Å². The predicted octanol–water partition coefficient (Wildman–Crippen LogP) is 3.98. The van der Waals surface area contributed by atoms with Gasteiger partial charge >= 0.3 is 0 Å². The van der Waals surface area contributed by atoms with Crippen molar-refractivity contribution in [1.82, 2.24) is 15.2 Å². The normalized spacial score (nSPS) is 16.7. The summed E-state index contributed by atoms with van der Waals surface area (Å²) in [6, 6.07) is 5.86. The fraction of sp³-hybridized carbons (Fsp3) is 0.381. The third-order valence-corrected chi connectivity index (χ3v) is 6.99. The monoisotopic (exact) mass is 429 g/mol. The number of hydrogen-bond donors (Lipinski definition) is 1. The molecule has 0 spiro atoms. The Morgan fingerprint density at radius 2 is 2.24 bits per heavy atom. The van der Waals surface area contributed by atoms with Gasteiger partial charge in [-0.05, 0) is 44.4 Å². The number of rotatable bonds is 6. The molecule has 0 aromatic carbocycles. The molecule has 4 heterocycles. The Balaban J connectivity index is 1.26. The summed E-state index contributed by atoms with van der Waals surface area (Å²) in [6.07, 6.45) is 5.39. The number of nitrogens with zero attached hydrogens (tertiary/aromatic N) is 2. The maximum atomic E-state index is 12.6. The van der Waals surface area contributed by atoms with Crippen LogP contribution in [0.1, 0.15) is 33.1 Å². The lowest BCUT2D eigenvalue weighted by molar-refractivity contribution is -0.126. The number of aryl methyl sites for hydroxylation is 1. The van der Waals surface area contributed by atoms with E-state index in [4.69, 9.17) is 4.42 Å². The molecule has 8 heteroatoms. The highest BCUT2D eigenvalue weighted by Crippen LogP contribution is 2.29. The molecular weight excluding hydrogens is 406 g/mol. The van der Waals surface area contributed by atoms with Gasteiger partial charge in [-0.2, -0.15) is 0 Å². The molecule has 3 aromatic heterocycles. The van der Waals surface area contributed by atoms with Crippen molar-refractivity contribution in [3.05, 3.63) is 51.6 Å². The highest BCUT2D eigenvalue weighted by Gasteiger charge is 2.29. The molecule has 0 radical (unpaired) electrons. The molecule has 1 fully saturated rings. The predicted molar refractivity (Wildman–Crippen MR) is 114 cm³/mol. The molecule has 1 N–H and O–H groups in total. The molecule has 1 atom stereocenters. The number of hydrogen-bond acceptors (Lipinski definition) is 6. The number of carbonyl (C=O) groups is 2. The van der Waals surface area contributed by atoms with E-state index >= 15 is 0 Å². The Hall–Kier alpha value is -2.45. The van der Waals surface area contributed by atoms with Gasteiger partial charge in [-0.25, -0.2) is 4.98 Å². The fourth-order valence-corrected chi connectivity index (χ4v) is 5.18. The van der Waals surface area contributed by atoms with Crippen molar-refractivity contribution in [1.29, 1.82) is 0 Å². The van der Waals surface area contributed by atoms with Gasteiger partial charge in [0.05, 0.1) is 33.3 Å². The Kier molecular flexibility index (Phi) is 6.10. The Bertz CT molecular complexity index is 977. The van der Waals surface area contributed by atoms with E-state index in [0.717, 1.165) is 34.8 Å². The van der Waals surface area contributed by atoms with Gasteiger partial charge in [0.1, 0.15) is 6.26 Å². The average molecular weight is 430 g/mol. The van der Waals surface area contributed by atoms with Crippen LogP contribution in [-0.4, -0.2) is 41.3 Å². The SMILES string of the molecule is Cc1nc(-c2ccc(CCNC(=O)C3CCCN(C(=O)c4ccoc4)C3)s2)cs1. The first kappa shape index (κ1) is 19.8. The van der Waals surface area contributed by atoms with E-state index in [-0.39, 0.29) is 17.7 Å². The van der Waals surface area contributed by atoms with Gasteiger partial charge in [-0.1, -0.05) is 0 Å². The molecule has 152 valence electrons. The maximum Gasteiger partial charge on any atom is 0.257 e.